The molecule has 0 unspecified atom stereocenters. The van der Waals surface area contributed by atoms with Gasteiger partial charge in [0.15, 0.2) is 0 Å². The highest BCUT2D eigenvalue weighted by molar-refractivity contribution is 5.80. The molecule has 0 radical (unpaired) electrons. The molecule has 2 amide bonds. The molecular formula is C26H34FN3O2. The quantitative estimate of drug-likeness (QED) is 0.612. The normalized spacial score (nSPS) is 17.5. The summed E-state index contributed by atoms with van der Waals surface area (Å²) in [4.78, 5) is 24.6. The topological polar surface area (TPSA) is 70.2 Å². The molecule has 172 valence electrons. The van der Waals surface area contributed by atoms with Crippen LogP contribution >= 0.6 is 0 Å². The maximum atomic E-state index is 14.5. The number of hydrogen-bond acceptors (Lipinski definition) is 3. The minimum atomic E-state index is -0.353. The second kappa shape index (κ2) is 9.82. The third kappa shape index (κ3) is 6.89. The van der Waals surface area contributed by atoms with E-state index >= 15 is 0 Å². The highest BCUT2D eigenvalue weighted by atomic mass is 19.1. The molecule has 6 heteroatoms. The van der Waals surface area contributed by atoms with E-state index in [1.54, 1.807) is 12.1 Å². The van der Waals surface area contributed by atoms with Crippen LogP contribution in [0.2, 0.25) is 0 Å². The summed E-state index contributed by atoms with van der Waals surface area (Å²) in [6.45, 7) is 8.82. The second-order valence-corrected chi connectivity index (χ2v) is 10.0. The maximum absolute atomic E-state index is 14.5. The van der Waals surface area contributed by atoms with Gasteiger partial charge in [0.2, 0.25) is 11.8 Å². The van der Waals surface area contributed by atoms with Crippen molar-refractivity contribution in [3.05, 3.63) is 59.9 Å². The Labute approximate surface area is 190 Å². The van der Waals surface area contributed by atoms with Gasteiger partial charge < -0.3 is 16.0 Å². The van der Waals surface area contributed by atoms with Gasteiger partial charge in [-0.2, -0.15) is 0 Å². The van der Waals surface area contributed by atoms with Crippen molar-refractivity contribution in [2.75, 3.05) is 6.54 Å². The first-order chi connectivity index (χ1) is 15.0. The molecule has 3 rings (SSSR count). The number of amides is 2. The zero-order valence-electron chi connectivity index (χ0n) is 19.4. The Bertz CT molecular complexity index is 941. The summed E-state index contributed by atoms with van der Waals surface area (Å²) >= 11 is 0. The number of piperidine rings is 1. The van der Waals surface area contributed by atoms with Crippen molar-refractivity contribution >= 4 is 11.8 Å². The standard InChI is InChI=1S/C26H34FN3O2/c1-25(2)16-20(17-26(3,4)30-25)29-23(31)12-13-28-24(32)15-18-10-11-21(22(27)14-18)19-8-6-5-7-9-19/h5-11,14,20,30H,12-13,15-17H2,1-4H3,(H,28,32)(H,29,31). The Morgan fingerprint density at radius 2 is 1.66 bits per heavy atom. The molecule has 2 aromatic rings. The van der Waals surface area contributed by atoms with Crippen molar-refractivity contribution < 1.29 is 14.0 Å². The van der Waals surface area contributed by atoms with Crippen molar-refractivity contribution in [1.29, 1.82) is 0 Å². The molecule has 0 atom stereocenters. The number of hydrogen-bond donors (Lipinski definition) is 3. The zero-order chi connectivity index (χ0) is 23.4. The van der Waals surface area contributed by atoms with Crippen LogP contribution in [0.4, 0.5) is 4.39 Å². The smallest absolute Gasteiger partial charge is 0.224 e. The molecular weight excluding hydrogens is 405 g/mol. The summed E-state index contributed by atoms with van der Waals surface area (Å²) in [5.74, 6) is -0.649. The Morgan fingerprint density at radius 3 is 2.28 bits per heavy atom. The van der Waals surface area contributed by atoms with Gasteiger partial charge in [-0.1, -0.05) is 42.5 Å². The Morgan fingerprint density at radius 1 is 1.00 bits per heavy atom. The van der Waals surface area contributed by atoms with Crippen LogP contribution in [-0.2, 0) is 16.0 Å². The van der Waals surface area contributed by atoms with Crippen LogP contribution in [0.5, 0.6) is 0 Å². The van der Waals surface area contributed by atoms with E-state index in [1.807, 2.05) is 30.3 Å². The van der Waals surface area contributed by atoms with E-state index in [4.69, 9.17) is 0 Å². The largest absolute Gasteiger partial charge is 0.355 e. The molecule has 0 aromatic heterocycles. The highest BCUT2D eigenvalue weighted by Crippen LogP contribution is 2.28. The maximum Gasteiger partial charge on any atom is 0.224 e. The van der Waals surface area contributed by atoms with Gasteiger partial charge in [0.05, 0.1) is 6.42 Å². The van der Waals surface area contributed by atoms with Gasteiger partial charge in [-0.05, 0) is 57.7 Å². The second-order valence-electron chi connectivity index (χ2n) is 10.0. The molecule has 0 aliphatic carbocycles. The van der Waals surface area contributed by atoms with E-state index in [0.717, 1.165) is 18.4 Å². The average molecular weight is 440 g/mol. The lowest BCUT2D eigenvalue weighted by molar-refractivity contribution is -0.122. The lowest BCUT2D eigenvalue weighted by Crippen LogP contribution is -2.62. The molecule has 1 aliphatic heterocycles. The summed E-state index contributed by atoms with van der Waals surface area (Å²) in [5.41, 5.74) is 1.82. The first-order valence-electron chi connectivity index (χ1n) is 11.2. The summed E-state index contributed by atoms with van der Waals surface area (Å²) in [6, 6.07) is 14.3. The minimum absolute atomic E-state index is 0.0424. The van der Waals surface area contributed by atoms with Crippen molar-refractivity contribution in [2.45, 2.75) is 70.5 Å². The monoisotopic (exact) mass is 439 g/mol. The summed E-state index contributed by atoms with van der Waals surface area (Å²) in [5, 5.41) is 9.46. The highest BCUT2D eigenvalue weighted by Gasteiger charge is 2.38. The molecule has 0 spiro atoms. The molecule has 32 heavy (non-hydrogen) atoms. The number of benzene rings is 2. The van der Waals surface area contributed by atoms with Crippen molar-refractivity contribution in [3.8, 4) is 11.1 Å². The number of carbonyl (C=O) groups excluding carboxylic acids is 2. The van der Waals surface area contributed by atoms with Gasteiger partial charge in [-0.3, -0.25) is 9.59 Å². The van der Waals surface area contributed by atoms with E-state index in [1.165, 1.54) is 6.07 Å². The molecule has 1 saturated heterocycles. The first-order valence-corrected chi connectivity index (χ1v) is 11.2. The van der Waals surface area contributed by atoms with Gasteiger partial charge in [0.1, 0.15) is 5.82 Å². The average Bonchev–Trinajstić information content (AvgIpc) is 2.66. The van der Waals surface area contributed by atoms with E-state index in [-0.39, 0.29) is 54.1 Å². The Balaban J connectivity index is 1.44. The van der Waals surface area contributed by atoms with Crippen LogP contribution in [0.3, 0.4) is 0 Å². The van der Waals surface area contributed by atoms with Crippen molar-refractivity contribution in [3.63, 3.8) is 0 Å². The van der Waals surface area contributed by atoms with Crippen LogP contribution in [0.25, 0.3) is 11.1 Å². The number of halogens is 1. The van der Waals surface area contributed by atoms with Crippen LogP contribution in [0.15, 0.2) is 48.5 Å². The zero-order valence-corrected chi connectivity index (χ0v) is 19.4. The lowest BCUT2D eigenvalue weighted by Gasteiger charge is -2.46. The Kier molecular flexibility index (Phi) is 7.34. The predicted molar refractivity (Wildman–Crippen MR) is 126 cm³/mol. The fraction of sp³-hybridized carbons (Fsp3) is 0.462. The number of rotatable bonds is 7. The SMILES string of the molecule is CC1(C)CC(NC(=O)CCNC(=O)Cc2ccc(-c3ccccc3)c(F)c2)CC(C)(C)N1. The molecule has 5 nitrogen and oxygen atoms in total. The van der Waals surface area contributed by atoms with Gasteiger partial charge >= 0.3 is 0 Å². The fourth-order valence-electron chi connectivity index (χ4n) is 4.81. The number of nitrogens with one attached hydrogen (secondary N) is 3. The number of carbonyl (C=O) groups is 2. The van der Waals surface area contributed by atoms with Crippen LogP contribution in [0, 0.1) is 5.82 Å². The van der Waals surface area contributed by atoms with E-state index < -0.39 is 0 Å². The van der Waals surface area contributed by atoms with Crippen molar-refractivity contribution in [2.24, 2.45) is 0 Å². The summed E-state index contributed by atoms with van der Waals surface area (Å²) in [7, 11) is 0. The van der Waals surface area contributed by atoms with Crippen molar-refractivity contribution in [1.82, 2.24) is 16.0 Å². The molecule has 0 saturated carbocycles. The first kappa shape index (κ1) is 23.9. The van der Waals surface area contributed by atoms with Crippen LogP contribution in [-0.4, -0.2) is 35.5 Å². The van der Waals surface area contributed by atoms with Gasteiger partial charge in [-0.25, -0.2) is 4.39 Å². The lowest BCUT2D eigenvalue weighted by atomic mass is 9.79. The molecule has 0 bridgehead atoms. The summed E-state index contributed by atoms with van der Waals surface area (Å²) in [6.07, 6.45) is 2.01. The summed E-state index contributed by atoms with van der Waals surface area (Å²) < 4.78 is 14.5. The minimum Gasteiger partial charge on any atom is -0.355 e. The molecule has 1 heterocycles. The third-order valence-corrected chi connectivity index (χ3v) is 5.71. The van der Waals surface area contributed by atoms with Crippen LogP contribution < -0.4 is 16.0 Å². The molecule has 1 aliphatic rings. The fourth-order valence-corrected chi connectivity index (χ4v) is 4.81. The van der Waals surface area contributed by atoms with E-state index in [2.05, 4.69) is 43.6 Å². The molecule has 1 fully saturated rings. The predicted octanol–water partition coefficient (Wildman–Crippen LogP) is 3.97. The molecule has 2 aromatic carbocycles. The Hall–Kier alpha value is -2.73. The van der Waals surface area contributed by atoms with Gasteiger partial charge in [-0.15, -0.1) is 0 Å². The van der Waals surface area contributed by atoms with Crippen LogP contribution in [0.1, 0.15) is 52.5 Å². The van der Waals surface area contributed by atoms with Gasteiger partial charge in [0.25, 0.3) is 0 Å². The third-order valence-electron chi connectivity index (χ3n) is 5.71. The van der Waals surface area contributed by atoms with E-state index in [0.29, 0.717) is 11.1 Å². The van der Waals surface area contributed by atoms with E-state index in [9.17, 15) is 14.0 Å². The van der Waals surface area contributed by atoms with Gasteiger partial charge in [0, 0.05) is 35.6 Å². The molecule has 3 N–H and O–H groups in total.